The van der Waals surface area contributed by atoms with Crippen LogP contribution in [0.5, 0.6) is 5.75 Å². The van der Waals surface area contributed by atoms with Crippen molar-refractivity contribution < 1.29 is 54.2 Å². The van der Waals surface area contributed by atoms with Gasteiger partial charge in [0.15, 0.2) is 6.61 Å². The number of carbonyl (C=O) groups is 2. The maximum Gasteiger partial charge on any atom is 0.381 e. The minimum atomic E-state index is -6.47. The standard InChI is InChI=1S/C16H14F8O4/c1-9-4-2-3-5-10(9)28-12(26)7-6-11(25)27-8-14(19,20)16(23,24)15(21,22)13(17)18/h2-5,13H,6-8H2,1H3. The van der Waals surface area contributed by atoms with Gasteiger partial charge in [0.2, 0.25) is 0 Å². The molecule has 0 aliphatic heterocycles. The summed E-state index contributed by atoms with van der Waals surface area (Å²) in [5.41, 5.74) is 0.570. The third-order valence-corrected chi connectivity index (χ3v) is 3.42. The molecule has 0 fully saturated rings. The van der Waals surface area contributed by atoms with Gasteiger partial charge in [0, 0.05) is 0 Å². The summed E-state index contributed by atoms with van der Waals surface area (Å²) >= 11 is 0. The molecule has 4 nitrogen and oxygen atoms in total. The molecule has 28 heavy (non-hydrogen) atoms. The molecule has 0 heterocycles. The number of aryl methyl sites for hydroxylation is 1. The number of ether oxygens (including phenoxy) is 2. The largest absolute Gasteiger partial charge is 0.459 e. The number of esters is 2. The van der Waals surface area contributed by atoms with E-state index in [0.717, 1.165) is 0 Å². The molecular weight excluding hydrogens is 408 g/mol. The van der Waals surface area contributed by atoms with E-state index in [1.165, 1.54) is 6.07 Å². The first-order valence-corrected chi connectivity index (χ1v) is 7.56. The van der Waals surface area contributed by atoms with Crippen molar-refractivity contribution in [2.45, 2.75) is 44.0 Å². The van der Waals surface area contributed by atoms with Crippen molar-refractivity contribution in [3.63, 3.8) is 0 Å². The van der Waals surface area contributed by atoms with Crippen LogP contribution in [-0.4, -0.2) is 42.7 Å². The number of alkyl halides is 8. The Labute approximate surface area is 153 Å². The van der Waals surface area contributed by atoms with Gasteiger partial charge >= 0.3 is 36.1 Å². The summed E-state index contributed by atoms with van der Waals surface area (Å²) < 4.78 is 110. The zero-order chi connectivity index (χ0) is 21.8. The Morgan fingerprint density at radius 3 is 2.04 bits per heavy atom. The van der Waals surface area contributed by atoms with Crippen LogP contribution in [-0.2, 0) is 14.3 Å². The maximum absolute atomic E-state index is 13.2. The lowest BCUT2D eigenvalue weighted by atomic mass is 10.1. The van der Waals surface area contributed by atoms with Crippen molar-refractivity contribution in [3.05, 3.63) is 29.8 Å². The molecule has 0 saturated carbocycles. The summed E-state index contributed by atoms with van der Waals surface area (Å²) in [6.07, 6.45) is -6.65. The van der Waals surface area contributed by atoms with Crippen LogP contribution in [0.25, 0.3) is 0 Å². The van der Waals surface area contributed by atoms with Crippen molar-refractivity contribution in [2.24, 2.45) is 0 Å². The fourth-order valence-electron chi connectivity index (χ4n) is 1.76. The van der Waals surface area contributed by atoms with E-state index < -0.39 is 55.6 Å². The lowest BCUT2D eigenvalue weighted by Gasteiger charge is -2.31. The van der Waals surface area contributed by atoms with Crippen LogP contribution in [0.3, 0.4) is 0 Å². The van der Waals surface area contributed by atoms with Crippen LogP contribution in [0.15, 0.2) is 24.3 Å². The average molecular weight is 422 g/mol. The van der Waals surface area contributed by atoms with Crippen molar-refractivity contribution in [2.75, 3.05) is 6.61 Å². The first-order chi connectivity index (χ1) is 12.7. The monoisotopic (exact) mass is 422 g/mol. The highest BCUT2D eigenvalue weighted by Crippen LogP contribution is 2.48. The number of hydrogen-bond donors (Lipinski definition) is 0. The molecule has 0 bridgehead atoms. The molecule has 0 saturated heterocycles. The Balaban J connectivity index is 2.57. The van der Waals surface area contributed by atoms with Crippen LogP contribution >= 0.6 is 0 Å². The summed E-state index contributed by atoms with van der Waals surface area (Å²) in [5.74, 6) is -21.0. The zero-order valence-corrected chi connectivity index (χ0v) is 14.2. The molecule has 0 spiro atoms. The molecule has 0 amide bonds. The predicted octanol–water partition coefficient (Wildman–Crippen LogP) is 4.39. The Hall–Kier alpha value is -2.40. The molecule has 0 N–H and O–H groups in total. The van der Waals surface area contributed by atoms with Crippen molar-refractivity contribution >= 4 is 11.9 Å². The summed E-state index contributed by atoms with van der Waals surface area (Å²) in [6, 6.07) is 6.23. The topological polar surface area (TPSA) is 52.6 Å². The summed E-state index contributed by atoms with van der Waals surface area (Å²) in [5, 5.41) is 0. The normalized spacial score (nSPS) is 12.8. The van der Waals surface area contributed by atoms with Crippen LogP contribution in [0, 0.1) is 6.92 Å². The van der Waals surface area contributed by atoms with Gasteiger partial charge in [-0.2, -0.15) is 26.3 Å². The predicted molar refractivity (Wildman–Crippen MR) is 77.9 cm³/mol. The van der Waals surface area contributed by atoms with Gasteiger partial charge in [-0.1, -0.05) is 18.2 Å². The van der Waals surface area contributed by atoms with E-state index >= 15 is 0 Å². The molecule has 0 aliphatic carbocycles. The quantitative estimate of drug-likeness (QED) is 0.337. The van der Waals surface area contributed by atoms with Gasteiger partial charge in [0.05, 0.1) is 12.8 Å². The minimum absolute atomic E-state index is 0.154. The number of carbonyl (C=O) groups excluding carboxylic acids is 2. The fourth-order valence-corrected chi connectivity index (χ4v) is 1.76. The van der Waals surface area contributed by atoms with E-state index in [2.05, 4.69) is 4.74 Å². The minimum Gasteiger partial charge on any atom is -0.459 e. The third kappa shape index (κ3) is 5.32. The first-order valence-electron chi connectivity index (χ1n) is 7.56. The van der Waals surface area contributed by atoms with Gasteiger partial charge in [-0.05, 0) is 18.6 Å². The van der Waals surface area contributed by atoms with Crippen LogP contribution in [0.4, 0.5) is 35.1 Å². The molecule has 0 aromatic heterocycles. The third-order valence-electron chi connectivity index (χ3n) is 3.42. The van der Waals surface area contributed by atoms with E-state index in [9.17, 15) is 44.7 Å². The van der Waals surface area contributed by atoms with Gasteiger partial charge in [0.25, 0.3) is 0 Å². The van der Waals surface area contributed by atoms with Crippen molar-refractivity contribution in [1.82, 2.24) is 0 Å². The highest BCUT2D eigenvalue weighted by Gasteiger charge is 2.75. The molecule has 158 valence electrons. The van der Waals surface area contributed by atoms with Gasteiger partial charge in [-0.25, -0.2) is 8.78 Å². The van der Waals surface area contributed by atoms with Gasteiger partial charge < -0.3 is 9.47 Å². The SMILES string of the molecule is Cc1ccccc1OC(=O)CCC(=O)OCC(F)(F)C(F)(F)C(F)(F)C(F)F. The van der Waals surface area contributed by atoms with E-state index in [-0.39, 0.29) is 5.75 Å². The molecular formula is C16H14F8O4. The van der Waals surface area contributed by atoms with E-state index in [0.29, 0.717) is 5.56 Å². The second kappa shape index (κ2) is 8.74. The second-order valence-corrected chi connectivity index (χ2v) is 5.60. The molecule has 0 unspecified atom stereocenters. The van der Waals surface area contributed by atoms with Gasteiger partial charge in [0.1, 0.15) is 5.75 Å². The molecule has 1 aromatic carbocycles. The number of benzene rings is 1. The zero-order valence-electron chi connectivity index (χ0n) is 14.2. The molecule has 0 atom stereocenters. The lowest BCUT2D eigenvalue weighted by Crippen LogP contribution is -2.59. The summed E-state index contributed by atoms with van der Waals surface area (Å²) in [7, 11) is 0. The molecule has 1 aromatic rings. The molecule has 0 aliphatic rings. The van der Waals surface area contributed by atoms with E-state index in [1.54, 1.807) is 25.1 Å². The Kier molecular flexibility index (Phi) is 7.38. The lowest BCUT2D eigenvalue weighted by molar-refractivity contribution is -0.344. The van der Waals surface area contributed by atoms with Crippen LogP contribution in [0.2, 0.25) is 0 Å². The number of rotatable bonds is 9. The number of halogens is 8. The van der Waals surface area contributed by atoms with Crippen molar-refractivity contribution in [1.29, 1.82) is 0 Å². The van der Waals surface area contributed by atoms with Gasteiger partial charge in [-0.15, -0.1) is 0 Å². The van der Waals surface area contributed by atoms with Crippen molar-refractivity contribution in [3.8, 4) is 5.75 Å². The van der Waals surface area contributed by atoms with E-state index in [4.69, 9.17) is 4.74 Å². The highest BCUT2D eigenvalue weighted by molar-refractivity contribution is 5.79. The maximum atomic E-state index is 13.2. The van der Waals surface area contributed by atoms with E-state index in [1.807, 2.05) is 0 Å². The average Bonchev–Trinajstić information content (AvgIpc) is 2.59. The highest BCUT2D eigenvalue weighted by atomic mass is 19.4. The second-order valence-electron chi connectivity index (χ2n) is 5.60. The fraction of sp³-hybridized carbons (Fsp3) is 0.500. The number of hydrogen-bond acceptors (Lipinski definition) is 4. The molecule has 1 rings (SSSR count). The summed E-state index contributed by atoms with van der Waals surface area (Å²) in [4.78, 5) is 22.8. The Morgan fingerprint density at radius 1 is 0.964 bits per heavy atom. The Morgan fingerprint density at radius 2 is 1.50 bits per heavy atom. The van der Waals surface area contributed by atoms with Crippen LogP contribution in [0.1, 0.15) is 18.4 Å². The Bertz CT molecular complexity index is 706. The molecule has 0 radical (unpaired) electrons. The first kappa shape index (κ1) is 23.6. The van der Waals surface area contributed by atoms with Crippen LogP contribution < -0.4 is 4.74 Å². The molecule has 12 heteroatoms. The number of para-hydroxylation sites is 1. The summed E-state index contributed by atoms with van der Waals surface area (Å²) in [6.45, 7) is -0.970. The smallest absolute Gasteiger partial charge is 0.381 e. The van der Waals surface area contributed by atoms with Gasteiger partial charge in [-0.3, -0.25) is 9.59 Å².